The minimum atomic E-state index is -0.670. The third-order valence-corrected chi connectivity index (χ3v) is 3.99. The molecular formula is C15H22N2O3. The van der Waals surface area contributed by atoms with Gasteiger partial charge in [-0.2, -0.15) is 0 Å². The Morgan fingerprint density at radius 2 is 2.25 bits per heavy atom. The Kier molecular flexibility index (Phi) is 4.30. The number of nitrogens with two attached hydrogens (primary N) is 1. The quantitative estimate of drug-likeness (QED) is 0.869. The van der Waals surface area contributed by atoms with Gasteiger partial charge in [-0.1, -0.05) is 18.2 Å². The van der Waals surface area contributed by atoms with E-state index in [0.29, 0.717) is 13.2 Å². The first-order chi connectivity index (χ1) is 9.49. The van der Waals surface area contributed by atoms with Gasteiger partial charge in [-0.25, -0.2) is 0 Å². The number of nitrogens with one attached hydrogen (secondary N) is 1. The minimum Gasteiger partial charge on any atom is -0.496 e. The molecule has 0 spiro atoms. The number of para-hydroxylation sites is 1. The Labute approximate surface area is 119 Å². The Hall–Kier alpha value is -1.59. The number of hydrogen-bond acceptors (Lipinski definition) is 4. The van der Waals surface area contributed by atoms with Gasteiger partial charge >= 0.3 is 0 Å². The van der Waals surface area contributed by atoms with Gasteiger partial charge in [-0.05, 0) is 19.9 Å². The van der Waals surface area contributed by atoms with Gasteiger partial charge in [-0.3, -0.25) is 4.79 Å². The van der Waals surface area contributed by atoms with Crippen LogP contribution in [0, 0.1) is 5.41 Å². The van der Waals surface area contributed by atoms with E-state index >= 15 is 0 Å². The zero-order valence-corrected chi connectivity index (χ0v) is 12.2. The van der Waals surface area contributed by atoms with Crippen LogP contribution in [0.5, 0.6) is 5.75 Å². The van der Waals surface area contributed by atoms with Crippen molar-refractivity contribution in [2.24, 2.45) is 11.1 Å². The van der Waals surface area contributed by atoms with Crippen molar-refractivity contribution in [1.29, 1.82) is 0 Å². The molecule has 0 aromatic heterocycles. The van der Waals surface area contributed by atoms with E-state index in [0.717, 1.165) is 11.3 Å². The number of carbonyl (C=O) groups excluding carboxylic acids is 1. The predicted molar refractivity (Wildman–Crippen MR) is 76.5 cm³/mol. The molecule has 2 rings (SSSR count). The van der Waals surface area contributed by atoms with Crippen molar-refractivity contribution in [3.05, 3.63) is 29.8 Å². The molecule has 110 valence electrons. The van der Waals surface area contributed by atoms with Crippen molar-refractivity contribution < 1.29 is 14.3 Å². The molecule has 0 aliphatic carbocycles. The molecule has 0 bridgehead atoms. The van der Waals surface area contributed by atoms with Crippen LogP contribution in [-0.4, -0.2) is 32.3 Å². The molecule has 1 aromatic carbocycles. The van der Waals surface area contributed by atoms with Crippen LogP contribution in [0.15, 0.2) is 24.3 Å². The number of rotatable bonds is 4. The third kappa shape index (κ3) is 2.64. The Morgan fingerprint density at radius 3 is 2.85 bits per heavy atom. The van der Waals surface area contributed by atoms with Gasteiger partial charge in [0.15, 0.2) is 0 Å². The van der Waals surface area contributed by atoms with Crippen LogP contribution in [0.25, 0.3) is 0 Å². The molecule has 3 atom stereocenters. The fraction of sp³-hybridized carbons (Fsp3) is 0.533. The fourth-order valence-corrected chi connectivity index (χ4v) is 2.39. The van der Waals surface area contributed by atoms with Gasteiger partial charge in [0, 0.05) is 11.6 Å². The van der Waals surface area contributed by atoms with Gasteiger partial charge in [0.05, 0.1) is 31.8 Å². The van der Waals surface area contributed by atoms with Crippen LogP contribution in [0.3, 0.4) is 0 Å². The number of carbonyl (C=O) groups is 1. The molecule has 3 N–H and O–H groups in total. The Morgan fingerprint density at radius 1 is 1.55 bits per heavy atom. The molecule has 1 fully saturated rings. The molecule has 2 unspecified atom stereocenters. The highest BCUT2D eigenvalue weighted by Crippen LogP contribution is 2.30. The van der Waals surface area contributed by atoms with E-state index in [4.69, 9.17) is 15.2 Å². The number of amides is 1. The second-order valence-electron chi connectivity index (χ2n) is 5.48. The summed E-state index contributed by atoms with van der Waals surface area (Å²) in [5, 5.41) is 3.00. The van der Waals surface area contributed by atoms with Crippen LogP contribution in [0.4, 0.5) is 0 Å². The SMILES string of the molecule is COc1ccccc1[C@H](C)NC(=O)C1(C)COCC1N. The maximum atomic E-state index is 12.4. The van der Waals surface area contributed by atoms with Gasteiger partial charge in [0.2, 0.25) is 5.91 Å². The standard InChI is InChI=1S/C15H22N2O3/c1-10(11-6-4-5-7-12(11)19-3)17-14(18)15(2)9-20-8-13(15)16/h4-7,10,13H,8-9,16H2,1-3H3,(H,17,18)/t10-,13?,15?/m0/s1. The molecule has 1 aliphatic heterocycles. The topological polar surface area (TPSA) is 73.6 Å². The van der Waals surface area contributed by atoms with Crippen LogP contribution in [0.2, 0.25) is 0 Å². The maximum absolute atomic E-state index is 12.4. The smallest absolute Gasteiger partial charge is 0.230 e. The summed E-state index contributed by atoms with van der Waals surface area (Å²) in [5.41, 5.74) is 6.25. The van der Waals surface area contributed by atoms with Crippen LogP contribution in [-0.2, 0) is 9.53 Å². The van der Waals surface area contributed by atoms with Gasteiger partial charge in [0.1, 0.15) is 5.75 Å². The second-order valence-corrected chi connectivity index (χ2v) is 5.48. The lowest BCUT2D eigenvalue weighted by molar-refractivity contribution is -0.131. The summed E-state index contributed by atoms with van der Waals surface area (Å²) in [6.45, 7) is 4.56. The average molecular weight is 278 g/mol. The van der Waals surface area contributed by atoms with Gasteiger partial charge < -0.3 is 20.5 Å². The summed E-state index contributed by atoms with van der Waals surface area (Å²) in [4.78, 5) is 12.4. The van der Waals surface area contributed by atoms with E-state index in [1.165, 1.54) is 0 Å². The lowest BCUT2D eigenvalue weighted by atomic mass is 9.84. The first-order valence-corrected chi connectivity index (χ1v) is 6.76. The fourth-order valence-electron chi connectivity index (χ4n) is 2.39. The molecule has 5 nitrogen and oxygen atoms in total. The van der Waals surface area contributed by atoms with Gasteiger partial charge in [0.25, 0.3) is 0 Å². The molecule has 1 amide bonds. The van der Waals surface area contributed by atoms with Crippen LogP contribution < -0.4 is 15.8 Å². The average Bonchev–Trinajstić information content (AvgIpc) is 2.79. The molecular weight excluding hydrogens is 256 g/mol. The van der Waals surface area contributed by atoms with Crippen molar-refractivity contribution in [3.8, 4) is 5.75 Å². The zero-order chi connectivity index (χ0) is 14.8. The highest BCUT2D eigenvalue weighted by Gasteiger charge is 2.44. The summed E-state index contributed by atoms with van der Waals surface area (Å²) in [5.74, 6) is 0.679. The lowest BCUT2D eigenvalue weighted by Crippen LogP contribution is -2.50. The van der Waals surface area contributed by atoms with Crippen molar-refractivity contribution >= 4 is 5.91 Å². The normalized spacial score (nSPS) is 27.1. The molecule has 0 saturated carbocycles. The zero-order valence-electron chi connectivity index (χ0n) is 12.2. The first-order valence-electron chi connectivity index (χ1n) is 6.76. The minimum absolute atomic E-state index is 0.0825. The monoisotopic (exact) mass is 278 g/mol. The summed E-state index contributed by atoms with van der Waals surface area (Å²) in [6, 6.07) is 7.22. The largest absolute Gasteiger partial charge is 0.496 e. The lowest BCUT2D eigenvalue weighted by Gasteiger charge is -2.28. The van der Waals surface area contributed by atoms with Crippen LogP contribution in [0.1, 0.15) is 25.5 Å². The number of ether oxygens (including phenoxy) is 2. The molecule has 20 heavy (non-hydrogen) atoms. The number of hydrogen-bond donors (Lipinski definition) is 2. The van der Waals surface area contributed by atoms with E-state index in [-0.39, 0.29) is 18.0 Å². The van der Waals surface area contributed by atoms with Crippen molar-refractivity contribution in [2.45, 2.75) is 25.9 Å². The third-order valence-electron chi connectivity index (χ3n) is 3.99. The molecule has 5 heteroatoms. The highest BCUT2D eigenvalue weighted by atomic mass is 16.5. The van der Waals surface area contributed by atoms with E-state index in [2.05, 4.69) is 5.32 Å². The van der Waals surface area contributed by atoms with Crippen molar-refractivity contribution in [1.82, 2.24) is 5.32 Å². The molecule has 0 radical (unpaired) electrons. The maximum Gasteiger partial charge on any atom is 0.230 e. The predicted octanol–water partition coefficient (Wildman–Crippen LogP) is 1.24. The summed E-state index contributed by atoms with van der Waals surface area (Å²) in [7, 11) is 1.62. The molecule has 1 aromatic rings. The van der Waals surface area contributed by atoms with Gasteiger partial charge in [-0.15, -0.1) is 0 Å². The van der Waals surface area contributed by atoms with E-state index in [9.17, 15) is 4.79 Å². The van der Waals surface area contributed by atoms with Crippen molar-refractivity contribution in [2.75, 3.05) is 20.3 Å². The molecule has 1 aliphatic rings. The molecule has 1 saturated heterocycles. The summed E-state index contributed by atoms with van der Waals surface area (Å²) >= 11 is 0. The van der Waals surface area contributed by atoms with E-state index in [1.54, 1.807) is 7.11 Å². The summed E-state index contributed by atoms with van der Waals surface area (Å²) < 4.78 is 10.6. The van der Waals surface area contributed by atoms with Crippen molar-refractivity contribution in [3.63, 3.8) is 0 Å². The Bertz CT molecular complexity index is 492. The van der Waals surface area contributed by atoms with Crippen LogP contribution >= 0.6 is 0 Å². The van der Waals surface area contributed by atoms with E-state index in [1.807, 2.05) is 38.1 Å². The Balaban J connectivity index is 2.11. The second kappa shape index (κ2) is 5.81. The number of benzene rings is 1. The molecule has 1 heterocycles. The number of methoxy groups -OCH3 is 1. The van der Waals surface area contributed by atoms with E-state index < -0.39 is 5.41 Å². The first kappa shape index (κ1) is 14.8. The highest BCUT2D eigenvalue weighted by molar-refractivity contribution is 5.84. The summed E-state index contributed by atoms with van der Waals surface area (Å²) in [6.07, 6.45) is 0.